The van der Waals surface area contributed by atoms with E-state index in [1.165, 1.54) is 62.6 Å². The maximum absolute atomic E-state index is 13.6. The van der Waals surface area contributed by atoms with Crippen molar-refractivity contribution in [3.63, 3.8) is 0 Å². The first kappa shape index (κ1) is 30.7. The van der Waals surface area contributed by atoms with Crippen LogP contribution in [0.2, 0.25) is 0 Å². The van der Waals surface area contributed by atoms with Crippen LogP contribution in [-0.2, 0) is 14.4 Å². The van der Waals surface area contributed by atoms with Gasteiger partial charge in [0.15, 0.2) is 10.1 Å². The minimum absolute atomic E-state index is 0.0737. The van der Waals surface area contributed by atoms with E-state index in [2.05, 4.69) is 20.7 Å². The monoisotopic (exact) mass is 675 g/mol. The molecule has 0 bridgehead atoms. The molecule has 5 amide bonds. The molecule has 4 aliphatic heterocycles. The average Bonchev–Trinajstić information content (AvgIpc) is 3.75. The van der Waals surface area contributed by atoms with Gasteiger partial charge in [0, 0.05) is 30.3 Å². The molecule has 5 heterocycles. The molecule has 1 aromatic carbocycles. The molecule has 0 spiro atoms. The maximum atomic E-state index is 13.6. The molecule has 0 aliphatic carbocycles. The lowest BCUT2D eigenvalue weighted by molar-refractivity contribution is -0.151. The number of H-pyrrole nitrogens is 1. The van der Waals surface area contributed by atoms with Crippen molar-refractivity contribution < 1.29 is 39.3 Å². The van der Waals surface area contributed by atoms with Crippen LogP contribution in [0.4, 0.5) is 4.79 Å². The molecule has 45 heavy (non-hydrogen) atoms. The number of fused-ring (bicyclic) bond motifs is 1. The zero-order valence-corrected chi connectivity index (χ0v) is 25.5. The summed E-state index contributed by atoms with van der Waals surface area (Å²) in [4.78, 5) is 80.6. The van der Waals surface area contributed by atoms with Gasteiger partial charge in [0.2, 0.25) is 22.1 Å². The number of carbonyl (C=O) groups is 5. The molecule has 236 valence electrons. The standard InChI is InChI=1S/C26H25N7O9S3/c34-13-3-1-12(2-4-13)17(28-19(37)14-9-15(35)16(36)10-27-14)20(38)29-18-21(39)31-11-26(23(40)41,45-22(18)31)32-5-6-33(25(32)42)30-24-43-7-8-44-24/h1-4,9-10,17-18,22,34,36H,5-8,11H2,(H,27,35)(H,28,37)(H,29,38)(H,40,41)/t17?,18-,22-,26-/m1/s1. The molecule has 4 fully saturated rings. The van der Waals surface area contributed by atoms with Gasteiger partial charge in [-0.05, 0) is 17.7 Å². The number of amides is 5. The number of pyridine rings is 1. The summed E-state index contributed by atoms with van der Waals surface area (Å²) < 4.78 is 0.725. The lowest BCUT2D eigenvalue weighted by Gasteiger charge is -2.41. The number of carbonyl (C=O) groups excluding carboxylic acids is 4. The second-order valence-electron chi connectivity index (χ2n) is 10.3. The molecule has 1 aromatic heterocycles. The maximum Gasteiger partial charge on any atom is 0.342 e. The quantitative estimate of drug-likeness (QED) is 0.202. The van der Waals surface area contributed by atoms with Crippen LogP contribution in [-0.4, -0.2) is 117 Å². The number of nitrogens with zero attached hydrogens (tertiary/aromatic N) is 4. The topological polar surface area (TPSA) is 225 Å². The molecule has 19 heteroatoms. The molecule has 16 nitrogen and oxygen atoms in total. The Morgan fingerprint density at radius 2 is 1.78 bits per heavy atom. The van der Waals surface area contributed by atoms with Gasteiger partial charge in [0.1, 0.15) is 28.9 Å². The van der Waals surface area contributed by atoms with E-state index in [-0.39, 0.29) is 36.6 Å². The van der Waals surface area contributed by atoms with Crippen molar-refractivity contribution >= 4 is 69.4 Å². The fourth-order valence-electron chi connectivity index (χ4n) is 5.22. The van der Waals surface area contributed by atoms with E-state index in [1.54, 1.807) is 0 Å². The van der Waals surface area contributed by atoms with Gasteiger partial charge in [-0.3, -0.25) is 24.1 Å². The van der Waals surface area contributed by atoms with Crippen molar-refractivity contribution in [3.8, 4) is 11.5 Å². The van der Waals surface area contributed by atoms with Crippen molar-refractivity contribution in [2.45, 2.75) is 22.3 Å². The van der Waals surface area contributed by atoms with Gasteiger partial charge in [-0.1, -0.05) is 47.4 Å². The Labute approximate surface area is 266 Å². The van der Waals surface area contributed by atoms with Gasteiger partial charge < -0.3 is 35.8 Å². The van der Waals surface area contributed by atoms with E-state index in [0.29, 0.717) is 0 Å². The molecule has 6 rings (SSSR count). The van der Waals surface area contributed by atoms with Gasteiger partial charge in [0.25, 0.3) is 5.91 Å². The molecule has 0 radical (unpaired) electrons. The number of rotatable bonds is 8. The van der Waals surface area contributed by atoms with Crippen molar-refractivity contribution in [3.05, 3.63) is 58.0 Å². The highest BCUT2D eigenvalue weighted by Gasteiger charge is 2.66. The largest absolute Gasteiger partial charge is 0.508 e. The lowest BCUT2D eigenvalue weighted by atomic mass is 10.0. The van der Waals surface area contributed by atoms with E-state index in [4.69, 9.17) is 0 Å². The third-order valence-corrected chi connectivity index (χ3v) is 11.7. The Balaban J connectivity index is 1.20. The Hall–Kier alpha value is -4.36. The molecule has 2 aromatic rings. The van der Waals surface area contributed by atoms with Crippen molar-refractivity contribution in [2.24, 2.45) is 5.10 Å². The Bertz CT molecular complexity index is 1680. The van der Waals surface area contributed by atoms with Gasteiger partial charge in [-0.2, -0.15) is 5.10 Å². The van der Waals surface area contributed by atoms with Gasteiger partial charge in [-0.25, -0.2) is 14.6 Å². The highest BCUT2D eigenvalue weighted by molar-refractivity contribution is 8.41. The smallest absolute Gasteiger partial charge is 0.342 e. The number of thioether (sulfide) groups is 3. The molecule has 1 unspecified atom stereocenters. The fraction of sp³-hybridized carbons (Fsp3) is 0.346. The number of aliphatic carboxylic acids is 1. The number of carboxylic acids is 1. The summed E-state index contributed by atoms with van der Waals surface area (Å²) in [6, 6.07) is 3.02. The first-order valence-electron chi connectivity index (χ1n) is 13.5. The van der Waals surface area contributed by atoms with Crippen molar-refractivity contribution in [2.75, 3.05) is 31.1 Å². The summed E-state index contributed by atoms with van der Waals surface area (Å²) in [7, 11) is 0. The van der Waals surface area contributed by atoms with Crippen LogP contribution in [0.15, 0.2) is 46.4 Å². The molecular formula is C26H25N7O9S3. The second-order valence-corrected chi connectivity index (χ2v) is 14.1. The Morgan fingerprint density at radius 1 is 1.07 bits per heavy atom. The minimum Gasteiger partial charge on any atom is -0.508 e. The van der Waals surface area contributed by atoms with E-state index < -0.39 is 63.2 Å². The SMILES string of the molecule is O=C(NC(C(=O)N[C@@H]1C(=O)N2C[C@@](C(=O)O)(N3CCN(N=C4SCCS4)C3=O)S[C@H]12)c1ccc(O)cc1)c1cc(=O)c(O)c[nH]1. The summed E-state index contributed by atoms with van der Waals surface area (Å²) in [6.07, 6.45) is 0.921. The normalized spacial score (nSPS) is 24.7. The molecule has 4 saturated heterocycles. The van der Waals surface area contributed by atoms with Gasteiger partial charge in [0.05, 0.1) is 13.1 Å². The van der Waals surface area contributed by atoms with E-state index in [0.717, 1.165) is 39.9 Å². The van der Waals surface area contributed by atoms with Gasteiger partial charge in [-0.15, -0.1) is 0 Å². The summed E-state index contributed by atoms with van der Waals surface area (Å²) in [6.45, 7) is -0.0443. The number of hydrazone groups is 1. The Kier molecular flexibility index (Phi) is 8.08. The zero-order chi connectivity index (χ0) is 32.0. The summed E-state index contributed by atoms with van der Waals surface area (Å²) >= 11 is 3.89. The fourth-order valence-corrected chi connectivity index (χ4v) is 9.02. The number of β-lactam (4-membered cyclic amide) rings is 1. The molecule has 6 N–H and O–H groups in total. The number of hydrogen-bond donors (Lipinski definition) is 6. The van der Waals surface area contributed by atoms with Crippen molar-refractivity contribution in [1.82, 2.24) is 30.4 Å². The van der Waals surface area contributed by atoms with Crippen LogP contribution in [0.5, 0.6) is 11.5 Å². The highest BCUT2D eigenvalue weighted by atomic mass is 32.2. The van der Waals surface area contributed by atoms with Crippen LogP contribution < -0.4 is 16.1 Å². The number of benzene rings is 1. The van der Waals surface area contributed by atoms with Crippen LogP contribution in [0, 0.1) is 0 Å². The number of carboxylic acid groups (broad SMARTS) is 1. The molecule has 4 aliphatic rings. The third-order valence-electron chi connectivity index (χ3n) is 7.53. The number of phenolic OH excluding ortho intramolecular Hbond substituents is 1. The average molecular weight is 676 g/mol. The number of aromatic hydroxyl groups is 2. The number of nitrogens with one attached hydrogen (secondary N) is 3. The number of urea groups is 1. The van der Waals surface area contributed by atoms with E-state index >= 15 is 0 Å². The summed E-state index contributed by atoms with van der Waals surface area (Å²) in [5.74, 6) is -2.57. The van der Waals surface area contributed by atoms with Crippen LogP contribution >= 0.6 is 35.3 Å². The molecular weight excluding hydrogens is 651 g/mol. The van der Waals surface area contributed by atoms with Crippen LogP contribution in [0.1, 0.15) is 22.1 Å². The summed E-state index contributed by atoms with van der Waals surface area (Å²) in [5.41, 5.74) is -0.851. The predicted octanol–water partition coefficient (Wildman–Crippen LogP) is -0.0734. The van der Waals surface area contributed by atoms with Crippen molar-refractivity contribution in [1.29, 1.82) is 0 Å². The molecule has 0 saturated carbocycles. The third kappa shape index (κ3) is 5.54. The Morgan fingerprint density at radius 3 is 2.44 bits per heavy atom. The minimum atomic E-state index is -1.81. The predicted molar refractivity (Wildman–Crippen MR) is 164 cm³/mol. The van der Waals surface area contributed by atoms with Gasteiger partial charge >= 0.3 is 12.0 Å². The van der Waals surface area contributed by atoms with Crippen LogP contribution in [0.25, 0.3) is 0 Å². The number of aromatic amines is 1. The summed E-state index contributed by atoms with van der Waals surface area (Å²) in [5, 5.41) is 39.4. The van der Waals surface area contributed by atoms with E-state index in [9.17, 15) is 44.1 Å². The first-order valence-corrected chi connectivity index (χ1v) is 16.3. The lowest BCUT2D eigenvalue weighted by Crippen LogP contribution is -2.68. The second kappa shape index (κ2) is 11.9. The highest BCUT2D eigenvalue weighted by Crippen LogP contribution is 2.50. The zero-order valence-electron chi connectivity index (χ0n) is 23.0. The number of aromatic nitrogens is 1. The first-order chi connectivity index (χ1) is 21.5. The van der Waals surface area contributed by atoms with Crippen LogP contribution in [0.3, 0.4) is 0 Å². The molecule has 4 atom stereocenters. The number of phenols is 1. The van der Waals surface area contributed by atoms with E-state index in [1.807, 2.05) is 0 Å². The number of hydrogen-bond acceptors (Lipinski definition) is 12.